The molecule has 1 aliphatic carbocycles. The van der Waals surface area contributed by atoms with E-state index in [1.165, 1.54) is 26.4 Å². The quantitative estimate of drug-likeness (QED) is 0.537. The highest BCUT2D eigenvalue weighted by atomic mass is 19.1. The average Bonchev–Trinajstić information content (AvgIpc) is 3.09. The maximum atomic E-state index is 14.1. The number of hydrogen-bond acceptors (Lipinski definition) is 5. The van der Waals surface area contributed by atoms with E-state index >= 15 is 0 Å². The molecule has 6 nitrogen and oxygen atoms in total. The van der Waals surface area contributed by atoms with Crippen molar-refractivity contribution >= 4 is 23.1 Å². The lowest BCUT2D eigenvalue weighted by Crippen LogP contribution is -2.26. The number of methoxy groups -OCH3 is 2. The van der Waals surface area contributed by atoms with Gasteiger partial charge in [0.25, 0.3) is 0 Å². The number of rotatable bonds is 7. The molecule has 7 heteroatoms. The van der Waals surface area contributed by atoms with E-state index in [-0.39, 0.29) is 41.9 Å². The second-order valence-electron chi connectivity index (χ2n) is 7.93. The van der Waals surface area contributed by atoms with Crippen molar-refractivity contribution in [2.24, 2.45) is 0 Å². The number of ether oxygens (including phenoxy) is 2. The number of phenolic OH excluding ortho intramolecular Hbond substituents is 1. The number of carbonyl (C=O) groups excluding carboxylic acids is 1. The third kappa shape index (κ3) is 4.64. The van der Waals surface area contributed by atoms with Crippen LogP contribution in [0.1, 0.15) is 29.2 Å². The predicted octanol–water partition coefficient (Wildman–Crippen LogP) is 4.63. The van der Waals surface area contributed by atoms with E-state index in [4.69, 9.17) is 9.47 Å². The van der Waals surface area contributed by atoms with Gasteiger partial charge in [-0.05, 0) is 88.4 Å². The molecule has 1 amide bonds. The van der Waals surface area contributed by atoms with Crippen LogP contribution in [-0.4, -0.2) is 36.8 Å². The van der Waals surface area contributed by atoms with Gasteiger partial charge in [-0.2, -0.15) is 0 Å². The Kier molecular flexibility index (Phi) is 6.63. The zero-order valence-corrected chi connectivity index (χ0v) is 19.2. The summed E-state index contributed by atoms with van der Waals surface area (Å²) in [7, 11) is 2.94. The number of pyridine rings is 1. The minimum absolute atomic E-state index is 0.0779. The summed E-state index contributed by atoms with van der Waals surface area (Å²) in [5.74, 6) is 0.0182. The molecule has 2 N–H and O–H groups in total. The second-order valence-corrected chi connectivity index (χ2v) is 7.93. The largest absolute Gasteiger partial charge is 0.502 e. The molecule has 0 radical (unpaired) electrons. The van der Waals surface area contributed by atoms with Crippen LogP contribution in [0.2, 0.25) is 0 Å². The van der Waals surface area contributed by atoms with Crippen LogP contribution < -0.4 is 14.8 Å². The van der Waals surface area contributed by atoms with Crippen molar-refractivity contribution < 1.29 is 23.8 Å². The van der Waals surface area contributed by atoms with Crippen molar-refractivity contribution in [1.29, 1.82) is 0 Å². The molecule has 174 valence electrons. The molecule has 4 rings (SSSR count). The van der Waals surface area contributed by atoms with Gasteiger partial charge >= 0.3 is 0 Å². The normalized spacial score (nSPS) is 13.7. The van der Waals surface area contributed by atoms with Crippen LogP contribution in [-0.2, 0) is 11.2 Å². The fourth-order valence-corrected chi connectivity index (χ4v) is 4.08. The third-order valence-corrected chi connectivity index (χ3v) is 5.84. The Hall–Kier alpha value is -4.13. The minimum atomic E-state index is -0.346. The molecule has 1 heterocycles. The van der Waals surface area contributed by atoms with Crippen LogP contribution in [0.25, 0.3) is 17.2 Å². The Bertz CT molecular complexity index is 1270. The Morgan fingerprint density at radius 1 is 1.06 bits per heavy atom. The molecular weight excluding hydrogens is 435 g/mol. The van der Waals surface area contributed by atoms with E-state index in [9.17, 15) is 14.3 Å². The van der Waals surface area contributed by atoms with Gasteiger partial charge in [-0.25, -0.2) is 4.39 Å². The van der Waals surface area contributed by atoms with Crippen molar-refractivity contribution in [2.45, 2.75) is 13.3 Å². The summed E-state index contributed by atoms with van der Waals surface area (Å²) >= 11 is 0. The third-order valence-electron chi connectivity index (χ3n) is 5.84. The van der Waals surface area contributed by atoms with Gasteiger partial charge in [-0.3, -0.25) is 9.78 Å². The summed E-state index contributed by atoms with van der Waals surface area (Å²) in [5.41, 5.74) is 5.89. The van der Waals surface area contributed by atoms with Gasteiger partial charge in [0.2, 0.25) is 11.7 Å². The zero-order chi connectivity index (χ0) is 24.2. The van der Waals surface area contributed by atoms with Crippen LogP contribution in [0.15, 0.2) is 60.4 Å². The summed E-state index contributed by atoms with van der Waals surface area (Å²) in [5, 5.41) is 13.2. The molecule has 0 saturated carbocycles. The number of hydrogen-bond donors (Lipinski definition) is 2. The molecule has 0 aliphatic heterocycles. The van der Waals surface area contributed by atoms with Crippen LogP contribution in [0.5, 0.6) is 17.2 Å². The number of amides is 1. The lowest BCUT2D eigenvalue weighted by Gasteiger charge is -2.11. The standard InChI is InChI=1S/C27H25FN2O4/c1-16-21(10-18-11-24(33-2)27(32)25(12-18)34-3)20-5-4-19(28)14-22(20)23(16)15-30-26(31)13-17-6-8-29-9-7-17/h4-12,14,32H,13,15H2,1-3H3,(H,30,31)/b21-10-. The van der Waals surface area contributed by atoms with E-state index in [2.05, 4.69) is 10.3 Å². The summed E-state index contributed by atoms with van der Waals surface area (Å²) < 4.78 is 24.7. The maximum absolute atomic E-state index is 14.1. The van der Waals surface area contributed by atoms with Gasteiger partial charge in [0.1, 0.15) is 5.82 Å². The van der Waals surface area contributed by atoms with Crippen molar-refractivity contribution in [2.75, 3.05) is 20.8 Å². The molecule has 2 aromatic carbocycles. The second kappa shape index (κ2) is 9.79. The number of phenols is 1. The van der Waals surface area contributed by atoms with Gasteiger partial charge in [0, 0.05) is 18.9 Å². The van der Waals surface area contributed by atoms with Gasteiger partial charge in [-0.15, -0.1) is 0 Å². The topological polar surface area (TPSA) is 80.7 Å². The van der Waals surface area contributed by atoms with E-state index in [1.807, 2.05) is 13.0 Å². The fourth-order valence-electron chi connectivity index (χ4n) is 4.08. The van der Waals surface area contributed by atoms with E-state index in [0.717, 1.165) is 39.0 Å². The Labute approximate surface area is 197 Å². The molecule has 3 aromatic rings. The first kappa shape index (κ1) is 23.0. The summed E-state index contributed by atoms with van der Waals surface area (Å²) in [4.78, 5) is 16.5. The number of aromatic hydroxyl groups is 1. The highest BCUT2D eigenvalue weighted by Gasteiger charge is 2.25. The number of nitrogens with one attached hydrogen (secondary N) is 1. The van der Waals surface area contributed by atoms with Crippen molar-refractivity contribution in [3.05, 3.63) is 88.5 Å². The highest BCUT2D eigenvalue weighted by Crippen LogP contribution is 2.44. The number of nitrogens with zero attached hydrogens (tertiary/aromatic N) is 1. The molecule has 0 fully saturated rings. The first-order valence-corrected chi connectivity index (χ1v) is 10.7. The van der Waals surface area contributed by atoms with Crippen molar-refractivity contribution in [3.63, 3.8) is 0 Å². The van der Waals surface area contributed by atoms with Crippen molar-refractivity contribution in [3.8, 4) is 17.2 Å². The zero-order valence-electron chi connectivity index (χ0n) is 19.2. The fraction of sp³-hybridized carbons (Fsp3) is 0.185. The van der Waals surface area contributed by atoms with Gasteiger partial charge < -0.3 is 19.9 Å². The minimum Gasteiger partial charge on any atom is -0.502 e. The molecule has 0 bridgehead atoms. The number of benzene rings is 2. The van der Waals surface area contributed by atoms with E-state index in [0.29, 0.717) is 0 Å². The molecule has 0 atom stereocenters. The van der Waals surface area contributed by atoms with Crippen molar-refractivity contribution in [1.82, 2.24) is 10.3 Å². The lowest BCUT2D eigenvalue weighted by molar-refractivity contribution is -0.120. The van der Waals surface area contributed by atoms with Crippen LogP contribution in [0.3, 0.4) is 0 Å². The number of carbonyl (C=O) groups is 1. The summed E-state index contributed by atoms with van der Waals surface area (Å²) in [6.07, 6.45) is 5.47. The highest BCUT2D eigenvalue weighted by molar-refractivity contribution is 6.06. The van der Waals surface area contributed by atoms with Crippen LogP contribution in [0.4, 0.5) is 4.39 Å². The van der Waals surface area contributed by atoms with Gasteiger partial charge in [0.15, 0.2) is 11.5 Å². The number of allylic oxidation sites excluding steroid dienone is 2. The molecule has 34 heavy (non-hydrogen) atoms. The summed E-state index contributed by atoms with van der Waals surface area (Å²) in [6, 6.07) is 11.6. The molecule has 0 unspecified atom stereocenters. The number of fused-ring (bicyclic) bond motifs is 1. The van der Waals surface area contributed by atoms with Crippen LogP contribution >= 0.6 is 0 Å². The molecule has 1 aromatic heterocycles. The molecule has 1 aliphatic rings. The Morgan fingerprint density at radius 3 is 2.38 bits per heavy atom. The Morgan fingerprint density at radius 2 is 1.74 bits per heavy atom. The van der Waals surface area contributed by atoms with E-state index in [1.54, 1.807) is 42.7 Å². The first-order valence-electron chi connectivity index (χ1n) is 10.7. The number of halogens is 1. The number of aromatic nitrogens is 1. The van der Waals surface area contributed by atoms with E-state index < -0.39 is 0 Å². The Balaban J connectivity index is 1.67. The lowest BCUT2D eigenvalue weighted by atomic mass is 10.00. The van der Waals surface area contributed by atoms with Gasteiger partial charge in [-0.1, -0.05) is 6.07 Å². The summed E-state index contributed by atoms with van der Waals surface area (Å²) in [6.45, 7) is 2.22. The average molecular weight is 461 g/mol. The molecule has 0 saturated heterocycles. The molecular formula is C27H25FN2O4. The predicted molar refractivity (Wildman–Crippen MR) is 129 cm³/mol. The molecule has 0 spiro atoms. The monoisotopic (exact) mass is 460 g/mol. The smallest absolute Gasteiger partial charge is 0.224 e. The SMILES string of the molecule is COc1cc(/C=C2/C(C)=C(CNC(=O)Cc3ccncc3)c3cc(F)ccc32)cc(OC)c1O. The van der Waals surface area contributed by atoms with Crippen LogP contribution in [0, 0.1) is 5.82 Å². The van der Waals surface area contributed by atoms with Gasteiger partial charge in [0.05, 0.1) is 20.6 Å². The maximum Gasteiger partial charge on any atom is 0.224 e. The first-order chi connectivity index (χ1) is 16.4.